The van der Waals surface area contributed by atoms with Crippen molar-refractivity contribution in [3.8, 4) is 0 Å². The minimum atomic E-state index is -0.336. The minimum absolute atomic E-state index is 0.0428. The van der Waals surface area contributed by atoms with Crippen molar-refractivity contribution >= 4 is 17.7 Å². The Balaban J connectivity index is 1.52. The van der Waals surface area contributed by atoms with Gasteiger partial charge in [-0.15, -0.1) is 0 Å². The number of carbonyl (C=O) groups is 3. The number of piperidine rings is 1. The number of amides is 3. The van der Waals surface area contributed by atoms with Crippen molar-refractivity contribution in [3.63, 3.8) is 0 Å². The average molecular weight is 385 g/mol. The molecule has 3 aliphatic heterocycles. The summed E-state index contributed by atoms with van der Waals surface area (Å²) in [7, 11) is 0. The Hall–Kier alpha value is -2.25. The van der Waals surface area contributed by atoms with Gasteiger partial charge in [0, 0.05) is 31.3 Å². The highest BCUT2D eigenvalue weighted by atomic mass is 16.5. The molecule has 3 atom stereocenters. The van der Waals surface area contributed by atoms with Crippen LogP contribution in [0.5, 0.6) is 0 Å². The highest BCUT2D eigenvalue weighted by Gasteiger charge is 2.38. The monoisotopic (exact) mass is 385 g/mol. The summed E-state index contributed by atoms with van der Waals surface area (Å²) >= 11 is 0. The van der Waals surface area contributed by atoms with Gasteiger partial charge in [-0.3, -0.25) is 19.3 Å². The molecule has 0 aliphatic carbocycles. The van der Waals surface area contributed by atoms with Crippen LogP contribution < -0.4 is 5.73 Å². The molecular formula is C21H27N3O4. The zero-order valence-corrected chi connectivity index (χ0v) is 16.2. The molecule has 2 saturated heterocycles. The van der Waals surface area contributed by atoms with Gasteiger partial charge in [0.1, 0.15) is 0 Å². The van der Waals surface area contributed by atoms with Crippen LogP contribution in [0.4, 0.5) is 0 Å². The van der Waals surface area contributed by atoms with Gasteiger partial charge in [-0.25, -0.2) is 0 Å². The van der Waals surface area contributed by atoms with Gasteiger partial charge in [-0.1, -0.05) is 0 Å². The Morgan fingerprint density at radius 1 is 1.21 bits per heavy atom. The van der Waals surface area contributed by atoms with Crippen molar-refractivity contribution in [2.75, 3.05) is 26.2 Å². The fraction of sp³-hybridized carbons (Fsp3) is 0.571. The second-order valence-corrected chi connectivity index (χ2v) is 8.13. The third-order valence-electron chi connectivity index (χ3n) is 6.12. The lowest BCUT2D eigenvalue weighted by molar-refractivity contribution is 0.0475. The van der Waals surface area contributed by atoms with E-state index in [1.165, 1.54) is 4.90 Å². The normalized spacial score (nSPS) is 25.9. The molecule has 0 bridgehead atoms. The molecule has 3 amide bonds. The summed E-state index contributed by atoms with van der Waals surface area (Å²) in [5, 5.41) is 0. The van der Waals surface area contributed by atoms with Crippen LogP contribution in [0.3, 0.4) is 0 Å². The first-order valence-corrected chi connectivity index (χ1v) is 10.1. The molecule has 150 valence electrons. The number of fused-ring (bicyclic) bond motifs is 1. The number of ether oxygens (including phenoxy) is 1. The second kappa shape index (κ2) is 7.64. The van der Waals surface area contributed by atoms with E-state index in [0.29, 0.717) is 36.4 Å². The molecule has 0 spiro atoms. The van der Waals surface area contributed by atoms with Gasteiger partial charge < -0.3 is 15.4 Å². The second-order valence-electron chi connectivity index (χ2n) is 8.13. The van der Waals surface area contributed by atoms with Crippen molar-refractivity contribution in [2.45, 2.75) is 44.8 Å². The zero-order chi connectivity index (χ0) is 19.8. The van der Waals surface area contributed by atoms with Gasteiger partial charge >= 0.3 is 0 Å². The molecule has 28 heavy (non-hydrogen) atoms. The fourth-order valence-electron chi connectivity index (χ4n) is 4.39. The van der Waals surface area contributed by atoms with Crippen molar-refractivity contribution < 1.29 is 19.1 Å². The van der Waals surface area contributed by atoms with E-state index in [1.54, 1.807) is 18.2 Å². The summed E-state index contributed by atoms with van der Waals surface area (Å²) in [5.41, 5.74) is 7.15. The molecule has 2 fully saturated rings. The topological polar surface area (TPSA) is 92.9 Å². The van der Waals surface area contributed by atoms with E-state index in [1.807, 2.05) is 11.8 Å². The lowest BCUT2D eigenvalue weighted by Gasteiger charge is -2.34. The molecule has 7 nitrogen and oxygen atoms in total. The Kier molecular flexibility index (Phi) is 5.21. The van der Waals surface area contributed by atoms with Crippen molar-refractivity contribution in [3.05, 3.63) is 34.9 Å². The molecule has 1 aromatic carbocycles. The van der Waals surface area contributed by atoms with Crippen LogP contribution in [0.2, 0.25) is 0 Å². The first-order valence-electron chi connectivity index (χ1n) is 10.1. The largest absolute Gasteiger partial charge is 0.376 e. The standard InChI is InChI=1S/C21H27N3O4/c1-13(22)15-4-2-8-23(11-15)19(25)14-6-7-17-18(10-14)21(27)24(20(17)26)12-16-5-3-9-28-16/h6-7,10,13,15-16H,2-5,8-9,11-12,22H2,1H3. The third kappa shape index (κ3) is 3.44. The number of carbonyl (C=O) groups excluding carboxylic acids is 3. The van der Waals surface area contributed by atoms with E-state index in [2.05, 4.69) is 0 Å². The van der Waals surface area contributed by atoms with Crippen LogP contribution in [0.25, 0.3) is 0 Å². The van der Waals surface area contributed by atoms with Crippen LogP contribution in [-0.4, -0.2) is 65.9 Å². The molecule has 1 aromatic rings. The molecule has 2 N–H and O–H groups in total. The van der Waals surface area contributed by atoms with E-state index < -0.39 is 0 Å². The van der Waals surface area contributed by atoms with Gasteiger partial charge in [-0.2, -0.15) is 0 Å². The number of rotatable bonds is 4. The Bertz CT molecular complexity index is 801. The van der Waals surface area contributed by atoms with E-state index in [-0.39, 0.29) is 42.3 Å². The molecular weight excluding hydrogens is 358 g/mol. The number of imide groups is 1. The Morgan fingerprint density at radius 2 is 2.00 bits per heavy atom. The van der Waals surface area contributed by atoms with Gasteiger partial charge in [0.25, 0.3) is 17.7 Å². The van der Waals surface area contributed by atoms with Crippen molar-refractivity contribution in [1.29, 1.82) is 0 Å². The average Bonchev–Trinajstić information content (AvgIpc) is 3.30. The Morgan fingerprint density at radius 3 is 2.71 bits per heavy atom. The van der Waals surface area contributed by atoms with Gasteiger partial charge in [-0.05, 0) is 56.7 Å². The highest BCUT2D eigenvalue weighted by Crippen LogP contribution is 2.27. The third-order valence-corrected chi connectivity index (χ3v) is 6.12. The number of likely N-dealkylation sites (tertiary alicyclic amines) is 1. The quantitative estimate of drug-likeness (QED) is 0.796. The molecule has 3 unspecified atom stereocenters. The summed E-state index contributed by atoms with van der Waals surface area (Å²) < 4.78 is 5.56. The van der Waals surface area contributed by atoms with E-state index in [9.17, 15) is 14.4 Å². The summed E-state index contributed by atoms with van der Waals surface area (Å²) in [5.74, 6) is -0.454. The molecule has 7 heteroatoms. The van der Waals surface area contributed by atoms with Gasteiger partial charge in [0.15, 0.2) is 0 Å². The van der Waals surface area contributed by atoms with Gasteiger partial charge in [0.05, 0.1) is 23.8 Å². The molecule has 0 aromatic heterocycles. The van der Waals surface area contributed by atoms with Crippen LogP contribution in [0, 0.1) is 5.92 Å². The van der Waals surface area contributed by atoms with Crippen LogP contribution >= 0.6 is 0 Å². The maximum Gasteiger partial charge on any atom is 0.261 e. The van der Waals surface area contributed by atoms with Crippen molar-refractivity contribution in [1.82, 2.24) is 9.80 Å². The maximum absolute atomic E-state index is 13.0. The first-order chi connectivity index (χ1) is 13.5. The van der Waals surface area contributed by atoms with E-state index in [4.69, 9.17) is 10.5 Å². The predicted octanol–water partition coefficient (Wildman–Crippen LogP) is 1.66. The lowest BCUT2D eigenvalue weighted by Crippen LogP contribution is -2.45. The first kappa shape index (κ1) is 19.1. The van der Waals surface area contributed by atoms with Crippen LogP contribution in [0.15, 0.2) is 18.2 Å². The fourth-order valence-corrected chi connectivity index (χ4v) is 4.39. The lowest BCUT2D eigenvalue weighted by atomic mass is 9.91. The molecule has 3 aliphatic rings. The Labute approximate surface area is 164 Å². The zero-order valence-electron chi connectivity index (χ0n) is 16.2. The summed E-state index contributed by atoms with van der Waals surface area (Å²) in [6.07, 6.45) is 3.66. The van der Waals surface area contributed by atoms with Gasteiger partial charge in [0.2, 0.25) is 0 Å². The maximum atomic E-state index is 13.0. The van der Waals surface area contributed by atoms with Crippen LogP contribution in [-0.2, 0) is 4.74 Å². The summed E-state index contributed by atoms with van der Waals surface area (Å²) in [4.78, 5) is 41.5. The number of benzene rings is 1. The molecule has 0 saturated carbocycles. The molecule has 3 heterocycles. The van der Waals surface area contributed by atoms with Crippen LogP contribution in [0.1, 0.15) is 63.7 Å². The number of nitrogens with two attached hydrogens (primary N) is 1. The highest BCUT2D eigenvalue weighted by molar-refractivity contribution is 6.22. The SMILES string of the molecule is CC(N)C1CCCN(C(=O)c2ccc3c(c2)C(=O)N(CC2CCCO2)C3=O)C1. The minimum Gasteiger partial charge on any atom is -0.376 e. The summed E-state index contributed by atoms with van der Waals surface area (Å²) in [6.45, 7) is 4.24. The molecule has 4 rings (SSSR count). The van der Waals surface area contributed by atoms with E-state index >= 15 is 0 Å². The summed E-state index contributed by atoms with van der Waals surface area (Å²) in [6, 6.07) is 4.87. The number of hydrogen-bond acceptors (Lipinski definition) is 5. The predicted molar refractivity (Wildman–Crippen MR) is 103 cm³/mol. The number of nitrogens with zero attached hydrogens (tertiary/aromatic N) is 2. The number of hydrogen-bond donors (Lipinski definition) is 1. The smallest absolute Gasteiger partial charge is 0.261 e. The molecule has 0 radical (unpaired) electrons. The van der Waals surface area contributed by atoms with E-state index in [0.717, 1.165) is 25.7 Å². The van der Waals surface area contributed by atoms with Crippen molar-refractivity contribution in [2.24, 2.45) is 11.7 Å².